The minimum Gasteiger partial charge on any atom is -0.497 e. The van der Waals surface area contributed by atoms with Gasteiger partial charge in [0.05, 0.1) is 12.0 Å². The lowest BCUT2D eigenvalue weighted by molar-refractivity contribution is 0.102. The molecule has 1 amide bonds. The second-order valence-electron chi connectivity index (χ2n) is 5.82. The number of rotatable bonds is 6. The fourth-order valence-electron chi connectivity index (χ4n) is 2.43. The Bertz CT molecular complexity index is 1080. The van der Waals surface area contributed by atoms with Crippen molar-refractivity contribution in [3.05, 3.63) is 83.4 Å². The summed E-state index contributed by atoms with van der Waals surface area (Å²) in [6, 6.07) is 18.9. The van der Waals surface area contributed by atoms with Crippen molar-refractivity contribution < 1.29 is 17.9 Å². The van der Waals surface area contributed by atoms with Gasteiger partial charge >= 0.3 is 0 Å². The maximum atomic E-state index is 12.5. The zero-order valence-electron chi connectivity index (χ0n) is 14.8. The van der Waals surface area contributed by atoms with Gasteiger partial charge in [-0.1, -0.05) is 17.7 Å². The van der Waals surface area contributed by atoms with Gasteiger partial charge in [0.1, 0.15) is 5.75 Å². The zero-order chi connectivity index (χ0) is 20.1. The minimum atomic E-state index is -3.79. The third-order valence-corrected chi connectivity index (χ3v) is 5.50. The van der Waals surface area contributed by atoms with Gasteiger partial charge in [0, 0.05) is 22.0 Å². The summed E-state index contributed by atoms with van der Waals surface area (Å²) in [6.07, 6.45) is 0. The SMILES string of the molecule is COc1ccc(NC(=O)c2cccc(NS(=O)(=O)c3ccc(Cl)cc3)c2)cc1. The second kappa shape index (κ2) is 8.33. The first-order chi connectivity index (χ1) is 13.4. The molecule has 0 spiro atoms. The van der Waals surface area contributed by atoms with E-state index in [2.05, 4.69) is 10.0 Å². The van der Waals surface area contributed by atoms with Crippen LogP contribution in [0.15, 0.2) is 77.7 Å². The molecule has 0 radical (unpaired) electrons. The monoisotopic (exact) mass is 416 g/mol. The van der Waals surface area contributed by atoms with Crippen LogP contribution in [-0.2, 0) is 10.0 Å². The van der Waals surface area contributed by atoms with Gasteiger partial charge in [-0.15, -0.1) is 0 Å². The molecule has 0 atom stereocenters. The van der Waals surface area contributed by atoms with Crippen molar-refractivity contribution in [1.82, 2.24) is 0 Å². The third kappa shape index (κ3) is 4.82. The predicted octanol–water partition coefficient (Wildman–Crippen LogP) is 4.40. The summed E-state index contributed by atoms with van der Waals surface area (Å²) >= 11 is 5.79. The molecule has 0 saturated carbocycles. The summed E-state index contributed by atoms with van der Waals surface area (Å²) in [5.74, 6) is 0.314. The molecule has 144 valence electrons. The molecule has 6 nitrogen and oxygen atoms in total. The summed E-state index contributed by atoms with van der Waals surface area (Å²) in [5, 5.41) is 3.19. The van der Waals surface area contributed by atoms with Crippen LogP contribution in [0, 0.1) is 0 Å². The Kier molecular flexibility index (Phi) is 5.87. The Morgan fingerprint density at radius 3 is 2.25 bits per heavy atom. The van der Waals surface area contributed by atoms with Crippen LogP contribution in [0.3, 0.4) is 0 Å². The number of sulfonamides is 1. The Balaban J connectivity index is 1.75. The Morgan fingerprint density at radius 1 is 0.929 bits per heavy atom. The van der Waals surface area contributed by atoms with E-state index in [-0.39, 0.29) is 16.5 Å². The highest BCUT2D eigenvalue weighted by Crippen LogP contribution is 2.20. The van der Waals surface area contributed by atoms with E-state index in [0.29, 0.717) is 22.0 Å². The summed E-state index contributed by atoms with van der Waals surface area (Å²) in [7, 11) is -2.23. The molecule has 3 rings (SSSR count). The lowest BCUT2D eigenvalue weighted by atomic mass is 10.2. The average molecular weight is 417 g/mol. The average Bonchev–Trinajstić information content (AvgIpc) is 2.69. The fourth-order valence-corrected chi connectivity index (χ4v) is 3.60. The van der Waals surface area contributed by atoms with E-state index in [9.17, 15) is 13.2 Å². The number of nitrogens with one attached hydrogen (secondary N) is 2. The van der Waals surface area contributed by atoms with Crippen molar-refractivity contribution in [1.29, 1.82) is 0 Å². The number of methoxy groups -OCH3 is 1. The van der Waals surface area contributed by atoms with Crippen LogP contribution in [0.2, 0.25) is 5.02 Å². The van der Waals surface area contributed by atoms with Crippen LogP contribution in [0.5, 0.6) is 5.75 Å². The number of carbonyl (C=O) groups is 1. The van der Waals surface area contributed by atoms with Crippen LogP contribution in [0.1, 0.15) is 10.4 Å². The van der Waals surface area contributed by atoms with Crippen molar-refractivity contribution in [2.75, 3.05) is 17.1 Å². The number of benzene rings is 3. The van der Waals surface area contributed by atoms with Gasteiger partial charge in [0.25, 0.3) is 15.9 Å². The van der Waals surface area contributed by atoms with Crippen LogP contribution in [-0.4, -0.2) is 21.4 Å². The second-order valence-corrected chi connectivity index (χ2v) is 7.94. The van der Waals surface area contributed by atoms with E-state index in [0.717, 1.165) is 0 Å². The topological polar surface area (TPSA) is 84.5 Å². The van der Waals surface area contributed by atoms with Crippen molar-refractivity contribution in [2.24, 2.45) is 0 Å². The van der Waals surface area contributed by atoms with E-state index in [1.807, 2.05) is 0 Å². The van der Waals surface area contributed by atoms with Gasteiger partial charge in [-0.3, -0.25) is 9.52 Å². The Morgan fingerprint density at radius 2 is 1.61 bits per heavy atom. The van der Waals surface area contributed by atoms with Gasteiger partial charge in [-0.05, 0) is 66.7 Å². The Labute approximate surface area is 168 Å². The molecule has 0 saturated heterocycles. The van der Waals surface area contributed by atoms with Crippen molar-refractivity contribution in [2.45, 2.75) is 4.90 Å². The first-order valence-electron chi connectivity index (χ1n) is 8.21. The molecule has 2 N–H and O–H groups in total. The fraction of sp³-hybridized carbons (Fsp3) is 0.0500. The summed E-state index contributed by atoms with van der Waals surface area (Å²) in [5.41, 5.74) is 1.18. The molecule has 3 aromatic carbocycles. The Hall–Kier alpha value is -3.03. The van der Waals surface area contributed by atoms with Crippen molar-refractivity contribution in [3.63, 3.8) is 0 Å². The van der Waals surface area contributed by atoms with Crippen LogP contribution in [0.25, 0.3) is 0 Å². The van der Waals surface area contributed by atoms with Gasteiger partial charge < -0.3 is 10.1 Å². The highest BCUT2D eigenvalue weighted by molar-refractivity contribution is 7.92. The highest BCUT2D eigenvalue weighted by Gasteiger charge is 2.15. The molecule has 0 aliphatic carbocycles. The quantitative estimate of drug-likeness (QED) is 0.623. The predicted molar refractivity (Wildman–Crippen MR) is 110 cm³/mol. The van der Waals surface area contributed by atoms with Crippen LogP contribution >= 0.6 is 11.6 Å². The largest absolute Gasteiger partial charge is 0.497 e. The lowest BCUT2D eigenvalue weighted by Crippen LogP contribution is -2.15. The molecule has 0 heterocycles. The molecule has 0 aromatic heterocycles. The third-order valence-electron chi connectivity index (χ3n) is 3.85. The molecule has 0 aliphatic rings. The number of halogens is 1. The molecule has 0 fully saturated rings. The lowest BCUT2D eigenvalue weighted by Gasteiger charge is -2.10. The van der Waals surface area contributed by atoms with Crippen molar-refractivity contribution >= 4 is 38.9 Å². The molecule has 0 bridgehead atoms. The number of amides is 1. The van der Waals surface area contributed by atoms with Crippen LogP contribution < -0.4 is 14.8 Å². The van der Waals surface area contributed by atoms with E-state index in [1.54, 1.807) is 49.6 Å². The van der Waals surface area contributed by atoms with Gasteiger partial charge in [-0.25, -0.2) is 8.42 Å². The molecule has 3 aromatic rings. The van der Waals surface area contributed by atoms with E-state index in [1.165, 1.54) is 30.3 Å². The molecule has 28 heavy (non-hydrogen) atoms. The molecular formula is C20H17ClN2O4S. The molecule has 8 heteroatoms. The number of ether oxygens (including phenoxy) is 1. The standard InChI is InChI=1S/C20H17ClN2O4S/c1-27-18-9-7-16(8-10-18)22-20(24)14-3-2-4-17(13-14)23-28(25,26)19-11-5-15(21)6-12-19/h2-13,23H,1H3,(H,22,24). The maximum Gasteiger partial charge on any atom is 0.261 e. The first-order valence-corrected chi connectivity index (χ1v) is 10.1. The first kappa shape index (κ1) is 19.7. The summed E-state index contributed by atoms with van der Waals surface area (Å²) in [6.45, 7) is 0. The van der Waals surface area contributed by atoms with Gasteiger partial charge in [0.2, 0.25) is 0 Å². The summed E-state index contributed by atoms with van der Waals surface area (Å²) < 4.78 is 32.5. The van der Waals surface area contributed by atoms with E-state index in [4.69, 9.17) is 16.3 Å². The normalized spacial score (nSPS) is 10.9. The smallest absolute Gasteiger partial charge is 0.261 e. The summed E-state index contributed by atoms with van der Waals surface area (Å²) in [4.78, 5) is 12.5. The number of carbonyl (C=O) groups excluding carboxylic acids is 1. The maximum absolute atomic E-state index is 12.5. The highest BCUT2D eigenvalue weighted by atomic mass is 35.5. The molecular weight excluding hydrogens is 400 g/mol. The minimum absolute atomic E-state index is 0.0741. The van der Waals surface area contributed by atoms with Gasteiger partial charge in [0.15, 0.2) is 0 Å². The van der Waals surface area contributed by atoms with E-state index < -0.39 is 10.0 Å². The van der Waals surface area contributed by atoms with Crippen LogP contribution in [0.4, 0.5) is 11.4 Å². The number of hydrogen-bond donors (Lipinski definition) is 2. The number of anilines is 2. The van der Waals surface area contributed by atoms with Crippen molar-refractivity contribution in [3.8, 4) is 5.75 Å². The molecule has 0 unspecified atom stereocenters. The zero-order valence-corrected chi connectivity index (χ0v) is 16.4. The number of hydrogen-bond acceptors (Lipinski definition) is 4. The van der Waals surface area contributed by atoms with Gasteiger partial charge in [-0.2, -0.15) is 0 Å². The van der Waals surface area contributed by atoms with E-state index >= 15 is 0 Å². The molecule has 0 aliphatic heterocycles.